The van der Waals surface area contributed by atoms with Crippen molar-refractivity contribution in [1.82, 2.24) is 20.2 Å². The van der Waals surface area contributed by atoms with Gasteiger partial charge in [-0.15, -0.1) is 11.3 Å². The highest BCUT2D eigenvalue weighted by atomic mass is 32.2. The Kier molecular flexibility index (Phi) is 8.44. The van der Waals surface area contributed by atoms with Crippen molar-refractivity contribution in [2.24, 2.45) is 0 Å². The average Bonchev–Trinajstić information content (AvgIpc) is 2.94. The number of hydrogen-bond donors (Lipinski definition) is 2. The molecule has 6 nitrogen and oxygen atoms in total. The van der Waals surface area contributed by atoms with E-state index in [1.165, 1.54) is 55.6 Å². The zero-order valence-electron chi connectivity index (χ0n) is 18.3. The SMILES string of the molecule is O=C(CCSCc1nc2sc3c(c2c(=O)[nH]1)CCCC3)NCCCN1CCCCCC1. The van der Waals surface area contributed by atoms with Crippen molar-refractivity contribution in [1.29, 1.82) is 0 Å². The normalized spacial score (nSPS) is 17.4. The van der Waals surface area contributed by atoms with E-state index in [0.29, 0.717) is 12.2 Å². The van der Waals surface area contributed by atoms with Crippen LogP contribution in [0.25, 0.3) is 10.2 Å². The summed E-state index contributed by atoms with van der Waals surface area (Å²) < 4.78 is 0. The molecule has 170 valence electrons. The molecule has 8 heteroatoms. The van der Waals surface area contributed by atoms with Gasteiger partial charge in [-0.05, 0) is 70.1 Å². The number of amides is 1. The summed E-state index contributed by atoms with van der Waals surface area (Å²) >= 11 is 3.34. The second-order valence-electron chi connectivity index (χ2n) is 8.67. The molecule has 0 atom stereocenters. The number of H-pyrrole nitrogens is 1. The number of aromatic amines is 1. The van der Waals surface area contributed by atoms with Crippen LogP contribution in [0.3, 0.4) is 0 Å². The minimum absolute atomic E-state index is 0.00199. The number of aromatic nitrogens is 2. The molecule has 4 rings (SSSR count). The predicted octanol–water partition coefficient (Wildman–Crippen LogP) is 3.87. The Labute approximate surface area is 192 Å². The van der Waals surface area contributed by atoms with E-state index < -0.39 is 0 Å². The van der Waals surface area contributed by atoms with E-state index in [-0.39, 0.29) is 11.5 Å². The number of thioether (sulfide) groups is 1. The lowest BCUT2D eigenvalue weighted by molar-refractivity contribution is -0.120. The van der Waals surface area contributed by atoms with E-state index in [4.69, 9.17) is 4.98 Å². The fourth-order valence-corrected chi connectivity index (χ4v) is 6.67. The molecule has 0 bridgehead atoms. The fourth-order valence-electron chi connectivity index (χ4n) is 4.59. The van der Waals surface area contributed by atoms with Crippen LogP contribution in [-0.2, 0) is 23.4 Å². The molecule has 1 fully saturated rings. The highest BCUT2D eigenvalue weighted by Crippen LogP contribution is 2.33. The van der Waals surface area contributed by atoms with Gasteiger partial charge in [-0.2, -0.15) is 11.8 Å². The van der Waals surface area contributed by atoms with Crippen LogP contribution in [0.15, 0.2) is 4.79 Å². The summed E-state index contributed by atoms with van der Waals surface area (Å²) in [5.41, 5.74) is 1.23. The lowest BCUT2D eigenvalue weighted by atomic mass is 9.97. The summed E-state index contributed by atoms with van der Waals surface area (Å²) in [6.45, 7) is 4.26. The smallest absolute Gasteiger partial charge is 0.259 e. The van der Waals surface area contributed by atoms with E-state index in [0.717, 1.165) is 60.6 Å². The molecule has 1 aliphatic carbocycles. The minimum atomic E-state index is 0.00199. The summed E-state index contributed by atoms with van der Waals surface area (Å²) in [4.78, 5) is 37.1. The number of aryl methyl sites for hydroxylation is 2. The zero-order chi connectivity index (χ0) is 21.5. The van der Waals surface area contributed by atoms with Gasteiger partial charge in [0, 0.05) is 23.6 Å². The number of hydrogen-bond acceptors (Lipinski definition) is 6. The van der Waals surface area contributed by atoms with Gasteiger partial charge in [-0.25, -0.2) is 4.98 Å². The summed E-state index contributed by atoms with van der Waals surface area (Å²) in [6.07, 6.45) is 11.3. The molecule has 1 aliphatic heterocycles. The third-order valence-electron chi connectivity index (χ3n) is 6.26. The maximum Gasteiger partial charge on any atom is 0.259 e. The van der Waals surface area contributed by atoms with Crippen molar-refractivity contribution in [3.05, 3.63) is 26.6 Å². The number of nitrogens with zero attached hydrogens (tertiary/aromatic N) is 2. The van der Waals surface area contributed by atoms with Crippen LogP contribution in [0.4, 0.5) is 0 Å². The number of rotatable bonds is 9. The van der Waals surface area contributed by atoms with Crippen LogP contribution >= 0.6 is 23.1 Å². The molecule has 0 aromatic carbocycles. The Bertz CT molecular complexity index is 932. The summed E-state index contributed by atoms with van der Waals surface area (Å²) in [6, 6.07) is 0. The maximum absolute atomic E-state index is 12.6. The van der Waals surface area contributed by atoms with Crippen molar-refractivity contribution in [2.75, 3.05) is 31.9 Å². The molecule has 3 heterocycles. The van der Waals surface area contributed by atoms with Gasteiger partial charge in [0.1, 0.15) is 10.7 Å². The first-order chi connectivity index (χ1) is 15.2. The van der Waals surface area contributed by atoms with Crippen LogP contribution in [0, 0.1) is 0 Å². The fraction of sp³-hybridized carbons (Fsp3) is 0.696. The van der Waals surface area contributed by atoms with Gasteiger partial charge < -0.3 is 15.2 Å². The number of likely N-dealkylation sites (tertiary alicyclic amines) is 1. The second-order valence-corrected chi connectivity index (χ2v) is 10.9. The molecule has 1 saturated heterocycles. The molecule has 0 unspecified atom stereocenters. The van der Waals surface area contributed by atoms with Gasteiger partial charge in [0.2, 0.25) is 5.91 Å². The Morgan fingerprint density at radius 3 is 2.77 bits per heavy atom. The molecule has 2 aromatic rings. The van der Waals surface area contributed by atoms with E-state index in [9.17, 15) is 9.59 Å². The van der Waals surface area contributed by atoms with Gasteiger partial charge >= 0.3 is 0 Å². The van der Waals surface area contributed by atoms with E-state index in [1.54, 1.807) is 23.1 Å². The molecule has 2 N–H and O–H groups in total. The molecular formula is C23H34N4O2S2. The van der Waals surface area contributed by atoms with Crippen molar-refractivity contribution in [3.8, 4) is 0 Å². The monoisotopic (exact) mass is 462 g/mol. The number of nitrogens with one attached hydrogen (secondary N) is 2. The quantitative estimate of drug-likeness (QED) is 0.553. The highest BCUT2D eigenvalue weighted by Gasteiger charge is 2.19. The molecule has 1 amide bonds. The molecule has 0 spiro atoms. The van der Waals surface area contributed by atoms with Crippen LogP contribution in [-0.4, -0.2) is 52.7 Å². The first kappa shape index (κ1) is 22.8. The van der Waals surface area contributed by atoms with Crippen LogP contribution in [0.5, 0.6) is 0 Å². The Morgan fingerprint density at radius 2 is 1.94 bits per heavy atom. The molecule has 0 radical (unpaired) electrons. The van der Waals surface area contributed by atoms with E-state index >= 15 is 0 Å². The number of carbonyl (C=O) groups excluding carboxylic acids is 1. The van der Waals surface area contributed by atoms with Gasteiger partial charge in [0.15, 0.2) is 0 Å². The Morgan fingerprint density at radius 1 is 1.13 bits per heavy atom. The molecule has 2 aliphatic rings. The third kappa shape index (κ3) is 6.33. The third-order valence-corrected chi connectivity index (χ3v) is 8.41. The first-order valence-corrected chi connectivity index (χ1v) is 13.8. The molecule has 2 aromatic heterocycles. The largest absolute Gasteiger partial charge is 0.356 e. The zero-order valence-corrected chi connectivity index (χ0v) is 20.0. The van der Waals surface area contributed by atoms with Crippen molar-refractivity contribution in [2.45, 2.75) is 70.0 Å². The molecular weight excluding hydrogens is 428 g/mol. The standard InChI is InChI=1S/C23H34N4O2S2/c28-20(24-11-7-14-27-12-5-1-2-6-13-27)10-15-30-16-19-25-22(29)21-17-8-3-4-9-18(17)31-23(21)26-19/h1-16H2,(H,24,28)(H,25,26,29). The maximum atomic E-state index is 12.6. The van der Waals surface area contributed by atoms with Crippen LogP contribution in [0.1, 0.15) is 67.6 Å². The minimum Gasteiger partial charge on any atom is -0.356 e. The van der Waals surface area contributed by atoms with Crippen LogP contribution < -0.4 is 10.9 Å². The van der Waals surface area contributed by atoms with Crippen molar-refractivity contribution in [3.63, 3.8) is 0 Å². The van der Waals surface area contributed by atoms with Crippen LogP contribution in [0.2, 0.25) is 0 Å². The van der Waals surface area contributed by atoms with Gasteiger partial charge in [0.05, 0.1) is 11.1 Å². The highest BCUT2D eigenvalue weighted by molar-refractivity contribution is 7.98. The van der Waals surface area contributed by atoms with Gasteiger partial charge in [0.25, 0.3) is 5.56 Å². The van der Waals surface area contributed by atoms with E-state index in [1.807, 2.05) is 0 Å². The number of thiophene rings is 1. The lowest BCUT2D eigenvalue weighted by Gasteiger charge is -2.19. The summed E-state index contributed by atoms with van der Waals surface area (Å²) in [5.74, 6) is 2.21. The number of carbonyl (C=O) groups is 1. The first-order valence-electron chi connectivity index (χ1n) is 11.8. The van der Waals surface area contributed by atoms with E-state index in [2.05, 4.69) is 15.2 Å². The van der Waals surface area contributed by atoms with Gasteiger partial charge in [-0.3, -0.25) is 9.59 Å². The summed E-state index contributed by atoms with van der Waals surface area (Å²) in [5, 5.41) is 3.86. The summed E-state index contributed by atoms with van der Waals surface area (Å²) in [7, 11) is 0. The number of fused-ring (bicyclic) bond motifs is 3. The van der Waals surface area contributed by atoms with Crippen molar-refractivity contribution < 1.29 is 4.79 Å². The van der Waals surface area contributed by atoms with Gasteiger partial charge in [-0.1, -0.05) is 12.8 Å². The Balaban J connectivity index is 1.15. The topological polar surface area (TPSA) is 78.1 Å². The predicted molar refractivity (Wildman–Crippen MR) is 130 cm³/mol. The average molecular weight is 463 g/mol. The Hall–Kier alpha value is -1.38. The second kappa shape index (κ2) is 11.5. The lowest BCUT2D eigenvalue weighted by Crippen LogP contribution is -2.30. The molecule has 0 saturated carbocycles. The molecule has 31 heavy (non-hydrogen) atoms. The van der Waals surface area contributed by atoms with Crippen molar-refractivity contribution >= 4 is 39.2 Å².